The van der Waals surface area contributed by atoms with E-state index in [-0.39, 0.29) is 17.1 Å². The maximum Gasteiger partial charge on any atom is 0.195 e. The monoisotopic (exact) mass is 434 g/mol. The summed E-state index contributed by atoms with van der Waals surface area (Å²) in [6, 6.07) is 10.6. The number of fused-ring (bicyclic) bond motifs is 4. The van der Waals surface area contributed by atoms with Crippen LogP contribution >= 0.6 is 0 Å². The fourth-order valence-corrected chi connectivity index (χ4v) is 4.21. The van der Waals surface area contributed by atoms with E-state index in [4.69, 9.17) is 9.47 Å². The number of nitrogens with one attached hydrogen (secondary N) is 1. The van der Waals surface area contributed by atoms with E-state index >= 15 is 0 Å². The summed E-state index contributed by atoms with van der Waals surface area (Å²) in [5.74, 6) is -0.808. The number of ketones is 1. The molecule has 3 N–H and O–H groups in total. The Morgan fingerprint density at radius 2 is 1.94 bits per heavy atom. The Hall–Kier alpha value is -3.34. The molecule has 1 aromatic heterocycles. The number of rotatable bonds is 6. The second-order valence-electron chi connectivity index (χ2n) is 9.03. The van der Waals surface area contributed by atoms with Crippen molar-refractivity contribution in [2.45, 2.75) is 45.3 Å². The molecule has 7 heteroatoms. The summed E-state index contributed by atoms with van der Waals surface area (Å²) in [6.07, 6.45) is 0.607. The van der Waals surface area contributed by atoms with E-state index in [1.165, 1.54) is 6.07 Å². The number of ether oxygens (including phenoxy) is 2. The van der Waals surface area contributed by atoms with Crippen LogP contribution in [0.5, 0.6) is 11.5 Å². The lowest BCUT2D eigenvalue weighted by atomic mass is 9.71. The Kier molecular flexibility index (Phi) is 5.24. The number of aromatic nitrogens is 1. The second kappa shape index (κ2) is 7.66. The largest absolute Gasteiger partial charge is 0.504 e. The number of phenolic OH excluding ortho intramolecular Hbond substituents is 1. The quantitative estimate of drug-likeness (QED) is 0.397. The van der Waals surface area contributed by atoms with Crippen LogP contribution < -0.4 is 4.74 Å². The van der Waals surface area contributed by atoms with Crippen LogP contribution in [0.1, 0.15) is 66.9 Å². The van der Waals surface area contributed by atoms with Crippen LogP contribution in [0.2, 0.25) is 0 Å². The van der Waals surface area contributed by atoms with Crippen LogP contribution in [0.3, 0.4) is 0 Å². The van der Waals surface area contributed by atoms with Gasteiger partial charge in [0.2, 0.25) is 0 Å². The predicted octanol–water partition coefficient (Wildman–Crippen LogP) is 4.13. The van der Waals surface area contributed by atoms with E-state index in [0.29, 0.717) is 53.1 Å². The third-order valence-corrected chi connectivity index (χ3v) is 5.84. The molecule has 0 amide bonds. The fourth-order valence-electron chi connectivity index (χ4n) is 4.21. The summed E-state index contributed by atoms with van der Waals surface area (Å²) >= 11 is 0. The van der Waals surface area contributed by atoms with E-state index in [1.54, 1.807) is 32.0 Å². The van der Waals surface area contributed by atoms with Gasteiger partial charge in [0.15, 0.2) is 17.3 Å². The van der Waals surface area contributed by atoms with E-state index in [9.17, 15) is 20.3 Å². The molecule has 1 aliphatic rings. The summed E-state index contributed by atoms with van der Waals surface area (Å²) < 4.78 is 11.1. The van der Waals surface area contributed by atoms with Crippen molar-refractivity contribution >= 4 is 16.7 Å². The van der Waals surface area contributed by atoms with Crippen LogP contribution in [0.15, 0.2) is 30.3 Å². The van der Waals surface area contributed by atoms with Crippen molar-refractivity contribution in [3.8, 4) is 17.6 Å². The van der Waals surface area contributed by atoms with Crippen LogP contribution in [-0.2, 0) is 10.2 Å². The number of nitrogens with zero attached hydrogens (tertiary/aromatic N) is 1. The molecule has 0 atom stereocenters. The Balaban J connectivity index is 1.66. The first-order chi connectivity index (χ1) is 15.0. The van der Waals surface area contributed by atoms with Crippen LogP contribution in [0.25, 0.3) is 10.9 Å². The second-order valence-corrected chi connectivity index (χ2v) is 9.03. The van der Waals surface area contributed by atoms with Crippen molar-refractivity contribution < 1.29 is 24.5 Å². The number of nitriles is 1. The number of aliphatic hydroxyl groups is 1. The number of carbonyl (C=O) groups excluding carboxylic acids is 1. The van der Waals surface area contributed by atoms with Crippen LogP contribution in [0, 0.1) is 11.3 Å². The van der Waals surface area contributed by atoms with Gasteiger partial charge in [-0.15, -0.1) is 0 Å². The Morgan fingerprint density at radius 1 is 1.19 bits per heavy atom. The molecule has 0 bridgehead atoms. The molecule has 0 saturated carbocycles. The lowest BCUT2D eigenvalue weighted by molar-refractivity contribution is -0.176. The minimum Gasteiger partial charge on any atom is -0.504 e. The Bertz CT molecular complexity index is 1260. The van der Waals surface area contributed by atoms with Crippen molar-refractivity contribution in [1.29, 1.82) is 5.26 Å². The van der Waals surface area contributed by atoms with Gasteiger partial charge in [-0.1, -0.05) is 19.9 Å². The summed E-state index contributed by atoms with van der Waals surface area (Å²) in [5, 5.41) is 29.9. The van der Waals surface area contributed by atoms with Gasteiger partial charge in [-0.25, -0.2) is 0 Å². The topological polar surface area (TPSA) is 116 Å². The van der Waals surface area contributed by atoms with Gasteiger partial charge >= 0.3 is 0 Å². The first-order valence-corrected chi connectivity index (χ1v) is 10.5. The molecule has 1 aliphatic carbocycles. The third-order valence-electron chi connectivity index (χ3n) is 5.84. The van der Waals surface area contributed by atoms with Crippen molar-refractivity contribution in [1.82, 2.24) is 4.98 Å². The molecule has 2 aromatic carbocycles. The summed E-state index contributed by atoms with van der Waals surface area (Å²) in [6.45, 7) is 7.95. The minimum atomic E-state index is -1.17. The number of hydrogen-bond donors (Lipinski definition) is 3. The lowest BCUT2D eigenvalue weighted by Gasteiger charge is -2.32. The highest BCUT2D eigenvalue weighted by Gasteiger charge is 2.40. The number of aromatic amines is 1. The van der Waals surface area contributed by atoms with Crippen LogP contribution in [-0.4, -0.2) is 40.0 Å². The molecule has 0 unspecified atom stereocenters. The predicted molar refractivity (Wildman–Crippen MR) is 119 cm³/mol. The number of hydrogen-bond acceptors (Lipinski definition) is 6. The van der Waals surface area contributed by atoms with E-state index in [0.717, 1.165) is 5.56 Å². The standard InChI is InChI=1S/C25H26N2O5/c1-24(2)18-12-15(31-10-5-11-32-25(3,4)30)7-9-16(18)22(29)19-17-8-6-14(13-26)21(28)20(17)27-23(19)24/h6-9,12,27-28,30H,5,10-11H2,1-4H3. The van der Waals surface area contributed by atoms with Crippen molar-refractivity contribution in [3.05, 3.63) is 58.3 Å². The summed E-state index contributed by atoms with van der Waals surface area (Å²) in [5.41, 5.74) is 2.63. The summed E-state index contributed by atoms with van der Waals surface area (Å²) in [4.78, 5) is 16.6. The number of H-pyrrole nitrogens is 1. The zero-order chi connectivity index (χ0) is 23.3. The SMILES string of the molecule is CC(C)(O)OCCCOc1ccc2c(c1)C(C)(C)c1[nH]c3c(O)c(C#N)ccc3c1C2=O. The van der Waals surface area contributed by atoms with Gasteiger partial charge < -0.3 is 24.7 Å². The van der Waals surface area contributed by atoms with Crippen molar-refractivity contribution in [2.75, 3.05) is 13.2 Å². The van der Waals surface area contributed by atoms with Gasteiger partial charge in [0.1, 0.15) is 11.8 Å². The molecule has 4 rings (SSSR count). The molecule has 3 aromatic rings. The highest BCUT2D eigenvalue weighted by atomic mass is 16.6. The van der Waals surface area contributed by atoms with Crippen molar-refractivity contribution in [2.24, 2.45) is 0 Å². The highest BCUT2D eigenvalue weighted by Crippen LogP contribution is 2.46. The molecule has 32 heavy (non-hydrogen) atoms. The van der Waals surface area contributed by atoms with Crippen LogP contribution in [0.4, 0.5) is 0 Å². The van der Waals surface area contributed by atoms with Crippen molar-refractivity contribution in [3.63, 3.8) is 0 Å². The zero-order valence-corrected chi connectivity index (χ0v) is 18.6. The average Bonchev–Trinajstić information content (AvgIpc) is 3.13. The summed E-state index contributed by atoms with van der Waals surface area (Å²) in [7, 11) is 0. The lowest BCUT2D eigenvalue weighted by Crippen LogP contribution is -2.30. The molecule has 0 spiro atoms. The molecule has 0 saturated heterocycles. The minimum absolute atomic E-state index is 0.130. The molecule has 166 valence electrons. The normalized spacial score (nSPS) is 14.7. The van der Waals surface area contributed by atoms with Gasteiger partial charge in [0, 0.05) is 28.5 Å². The third kappa shape index (κ3) is 3.62. The maximum atomic E-state index is 13.4. The molecule has 0 fully saturated rings. The first kappa shape index (κ1) is 21.9. The average molecular weight is 434 g/mol. The molecule has 7 nitrogen and oxygen atoms in total. The van der Waals surface area contributed by atoms with E-state index < -0.39 is 11.2 Å². The molecule has 0 radical (unpaired) electrons. The highest BCUT2D eigenvalue weighted by molar-refractivity contribution is 6.20. The van der Waals surface area contributed by atoms with Gasteiger partial charge in [0.25, 0.3) is 0 Å². The van der Waals surface area contributed by atoms with Gasteiger partial charge in [-0.2, -0.15) is 5.26 Å². The van der Waals surface area contributed by atoms with E-state index in [1.807, 2.05) is 26.0 Å². The van der Waals surface area contributed by atoms with Gasteiger partial charge in [-0.05, 0) is 43.7 Å². The molecular formula is C25H26N2O5. The van der Waals surface area contributed by atoms with E-state index in [2.05, 4.69) is 4.98 Å². The first-order valence-electron chi connectivity index (χ1n) is 10.5. The number of benzene rings is 2. The fraction of sp³-hybridized carbons (Fsp3) is 0.360. The Labute approximate surface area is 186 Å². The zero-order valence-electron chi connectivity index (χ0n) is 18.6. The molecular weight excluding hydrogens is 408 g/mol. The van der Waals surface area contributed by atoms with Gasteiger partial charge in [0.05, 0.1) is 29.9 Å². The molecule has 0 aliphatic heterocycles. The Morgan fingerprint density at radius 3 is 2.62 bits per heavy atom. The van der Waals surface area contributed by atoms with Gasteiger partial charge in [-0.3, -0.25) is 4.79 Å². The number of phenols is 1. The number of aromatic hydroxyl groups is 1. The molecule has 1 heterocycles. The maximum absolute atomic E-state index is 13.4. The smallest absolute Gasteiger partial charge is 0.195 e. The number of carbonyl (C=O) groups is 1.